The lowest BCUT2D eigenvalue weighted by atomic mass is 10.1. The predicted octanol–water partition coefficient (Wildman–Crippen LogP) is 5.00. The van der Waals surface area contributed by atoms with Gasteiger partial charge in [-0.15, -0.1) is 0 Å². The zero-order chi connectivity index (χ0) is 18.8. The van der Waals surface area contributed by atoms with Crippen LogP contribution in [0.4, 0.5) is 0 Å². The monoisotopic (exact) mass is 406 g/mol. The number of amidine groups is 1. The van der Waals surface area contributed by atoms with Crippen molar-refractivity contribution in [3.05, 3.63) is 68.7 Å². The molecular formula is C19H16Cl2N2O2S. The van der Waals surface area contributed by atoms with Crippen LogP contribution in [0.15, 0.2) is 41.4 Å². The van der Waals surface area contributed by atoms with Crippen LogP contribution in [0.2, 0.25) is 10.0 Å². The molecule has 0 saturated carbocycles. The maximum Gasteiger partial charge on any atom is 0.279 e. The summed E-state index contributed by atoms with van der Waals surface area (Å²) in [5.74, 6) is 0.0490. The van der Waals surface area contributed by atoms with Gasteiger partial charge in [-0.2, -0.15) is 4.99 Å². The van der Waals surface area contributed by atoms with Crippen molar-refractivity contribution in [3.8, 4) is 0 Å². The molecule has 134 valence electrons. The second-order valence-electron chi connectivity index (χ2n) is 5.93. The maximum atomic E-state index is 12.8. The Morgan fingerprint density at radius 3 is 2.19 bits per heavy atom. The van der Waals surface area contributed by atoms with E-state index in [9.17, 15) is 9.59 Å². The molecule has 4 nitrogen and oxygen atoms in total. The zero-order valence-corrected chi connectivity index (χ0v) is 16.6. The van der Waals surface area contributed by atoms with Gasteiger partial charge in [-0.05, 0) is 49.2 Å². The summed E-state index contributed by atoms with van der Waals surface area (Å²) in [7, 11) is 0. The molecule has 1 saturated heterocycles. The minimum absolute atomic E-state index is 0.217. The van der Waals surface area contributed by atoms with Crippen molar-refractivity contribution in [1.29, 1.82) is 0 Å². The maximum absolute atomic E-state index is 12.8. The third-order valence-electron chi connectivity index (χ3n) is 4.06. The molecular weight excluding hydrogens is 391 g/mol. The van der Waals surface area contributed by atoms with Crippen LogP contribution < -0.4 is 0 Å². The van der Waals surface area contributed by atoms with Crippen LogP contribution in [-0.2, 0) is 0 Å². The zero-order valence-electron chi connectivity index (χ0n) is 14.3. The Balaban J connectivity index is 1.85. The highest BCUT2D eigenvalue weighted by atomic mass is 35.5. The highest BCUT2D eigenvalue weighted by molar-refractivity contribution is 8.14. The standard InChI is InChI=1S/C19H16Cl2N2O2S/c1-11-3-5-13(9-15(11)20)17(24)22-19-23(7-8-26-19)18(25)14-6-4-12(2)16(21)10-14/h3-6,9-10H,7-8H2,1-2H3. The fraction of sp³-hybridized carbons (Fsp3) is 0.211. The van der Waals surface area contributed by atoms with Crippen molar-refractivity contribution in [3.63, 3.8) is 0 Å². The number of aliphatic imine (C=N–C) groups is 1. The number of hydrogen-bond acceptors (Lipinski definition) is 3. The molecule has 1 fully saturated rings. The molecule has 0 bridgehead atoms. The van der Waals surface area contributed by atoms with Crippen molar-refractivity contribution >= 4 is 51.9 Å². The van der Waals surface area contributed by atoms with E-state index in [2.05, 4.69) is 4.99 Å². The van der Waals surface area contributed by atoms with Gasteiger partial charge in [0.1, 0.15) is 0 Å². The minimum atomic E-state index is -0.420. The normalized spacial score (nSPS) is 15.5. The first-order chi connectivity index (χ1) is 12.4. The molecule has 0 N–H and O–H groups in total. The largest absolute Gasteiger partial charge is 0.286 e. The van der Waals surface area contributed by atoms with E-state index in [0.717, 1.165) is 11.1 Å². The summed E-state index contributed by atoms with van der Waals surface area (Å²) in [6, 6.07) is 10.2. The third kappa shape index (κ3) is 3.95. The second-order valence-corrected chi connectivity index (χ2v) is 7.81. The number of benzene rings is 2. The van der Waals surface area contributed by atoms with E-state index in [1.165, 1.54) is 16.7 Å². The van der Waals surface area contributed by atoms with E-state index < -0.39 is 5.91 Å². The lowest BCUT2D eigenvalue weighted by molar-refractivity contribution is 0.0859. The van der Waals surface area contributed by atoms with Crippen molar-refractivity contribution in [2.75, 3.05) is 12.3 Å². The molecule has 0 aromatic heterocycles. The van der Waals surface area contributed by atoms with Crippen molar-refractivity contribution < 1.29 is 9.59 Å². The molecule has 1 aliphatic rings. The predicted molar refractivity (Wildman–Crippen MR) is 108 cm³/mol. The topological polar surface area (TPSA) is 49.7 Å². The Bertz CT molecular complexity index is 928. The number of nitrogens with zero attached hydrogens (tertiary/aromatic N) is 2. The molecule has 2 aromatic carbocycles. The van der Waals surface area contributed by atoms with E-state index in [0.29, 0.717) is 38.6 Å². The molecule has 0 spiro atoms. The van der Waals surface area contributed by atoms with Gasteiger partial charge < -0.3 is 0 Å². The fourth-order valence-electron chi connectivity index (χ4n) is 2.44. The lowest BCUT2D eigenvalue weighted by Crippen LogP contribution is -2.32. The summed E-state index contributed by atoms with van der Waals surface area (Å²) >= 11 is 13.6. The van der Waals surface area contributed by atoms with Gasteiger partial charge >= 0.3 is 0 Å². The Hall–Kier alpha value is -1.82. The SMILES string of the molecule is Cc1ccc(C(=O)N=C2SCCN2C(=O)c2ccc(C)c(Cl)c2)cc1Cl. The Morgan fingerprint density at radius 1 is 1.00 bits per heavy atom. The molecule has 0 radical (unpaired) electrons. The van der Waals surface area contributed by atoms with E-state index in [1.54, 1.807) is 36.4 Å². The summed E-state index contributed by atoms with van der Waals surface area (Å²) in [4.78, 5) is 30.9. The number of amides is 2. The fourth-order valence-corrected chi connectivity index (χ4v) is 3.74. The van der Waals surface area contributed by atoms with Gasteiger partial charge in [0, 0.05) is 33.5 Å². The van der Waals surface area contributed by atoms with E-state index >= 15 is 0 Å². The highest BCUT2D eigenvalue weighted by Crippen LogP contribution is 2.24. The number of rotatable bonds is 2. The first-order valence-electron chi connectivity index (χ1n) is 7.97. The molecule has 0 atom stereocenters. The first kappa shape index (κ1) is 19.0. The van der Waals surface area contributed by atoms with Crippen LogP contribution in [0.5, 0.6) is 0 Å². The van der Waals surface area contributed by atoms with E-state index in [4.69, 9.17) is 23.2 Å². The number of aryl methyl sites for hydroxylation is 2. The van der Waals surface area contributed by atoms with Gasteiger partial charge in [0.2, 0.25) is 0 Å². The van der Waals surface area contributed by atoms with Crippen LogP contribution in [0.1, 0.15) is 31.8 Å². The molecule has 7 heteroatoms. The van der Waals surface area contributed by atoms with E-state index in [1.807, 2.05) is 13.8 Å². The van der Waals surface area contributed by atoms with Gasteiger partial charge in [-0.25, -0.2) is 0 Å². The molecule has 26 heavy (non-hydrogen) atoms. The second kappa shape index (κ2) is 7.82. The van der Waals surface area contributed by atoms with Crippen molar-refractivity contribution in [2.24, 2.45) is 4.99 Å². The van der Waals surface area contributed by atoms with Crippen molar-refractivity contribution in [1.82, 2.24) is 4.90 Å². The number of thioether (sulfide) groups is 1. The Labute approximate surface area is 166 Å². The van der Waals surface area contributed by atoms with Crippen LogP contribution in [-0.4, -0.2) is 34.2 Å². The molecule has 2 amide bonds. The summed E-state index contributed by atoms with van der Waals surface area (Å²) in [5, 5.41) is 1.44. The van der Waals surface area contributed by atoms with Crippen LogP contribution in [0.3, 0.4) is 0 Å². The Kier molecular flexibility index (Phi) is 5.70. The number of carbonyl (C=O) groups is 2. The van der Waals surface area contributed by atoms with Crippen LogP contribution in [0.25, 0.3) is 0 Å². The number of carbonyl (C=O) groups excluding carboxylic acids is 2. The summed E-state index contributed by atoms with van der Waals surface area (Å²) in [5.41, 5.74) is 2.66. The summed E-state index contributed by atoms with van der Waals surface area (Å²) < 4.78 is 0. The quantitative estimate of drug-likeness (QED) is 0.704. The molecule has 1 heterocycles. The van der Waals surface area contributed by atoms with Gasteiger partial charge in [0.15, 0.2) is 5.17 Å². The average molecular weight is 407 g/mol. The van der Waals surface area contributed by atoms with Gasteiger partial charge in [0.25, 0.3) is 11.8 Å². The molecule has 3 rings (SSSR count). The smallest absolute Gasteiger partial charge is 0.279 e. The number of hydrogen-bond donors (Lipinski definition) is 0. The molecule has 0 unspecified atom stereocenters. The summed E-state index contributed by atoms with van der Waals surface area (Å²) in [6.07, 6.45) is 0. The Morgan fingerprint density at radius 2 is 1.58 bits per heavy atom. The van der Waals surface area contributed by atoms with Crippen LogP contribution in [0, 0.1) is 13.8 Å². The van der Waals surface area contributed by atoms with Crippen LogP contribution >= 0.6 is 35.0 Å². The van der Waals surface area contributed by atoms with Gasteiger partial charge in [0.05, 0.1) is 0 Å². The first-order valence-corrected chi connectivity index (χ1v) is 9.71. The molecule has 1 aliphatic heterocycles. The van der Waals surface area contributed by atoms with Crippen molar-refractivity contribution in [2.45, 2.75) is 13.8 Å². The highest BCUT2D eigenvalue weighted by Gasteiger charge is 2.28. The number of halogens is 2. The minimum Gasteiger partial charge on any atom is -0.286 e. The summed E-state index contributed by atoms with van der Waals surface area (Å²) in [6.45, 7) is 4.23. The third-order valence-corrected chi connectivity index (χ3v) is 5.83. The lowest BCUT2D eigenvalue weighted by Gasteiger charge is -2.16. The average Bonchev–Trinajstić information content (AvgIpc) is 3.07. The van der Waals surface area contributed by atoms with E-state index in [-0.39, 0.29) is 5.91 Å². The van der Waals surface area contributed by atoms with Gasteiger partial charge in [-0.1, -0.05) is 47.1 Å². The molecule has 2 aromatic rings. The molecule has 0 aliphatic carbocycles. The van der Waals surface area contributed by atoms with Gasteiger partial charge in [-0.3, -0.25) is 14.5 Å².